The van der Waals surface area contributed by atoms with Crippen molar-refractivity contribution < 1.29 is 4.42 Å². The van der Waals surface area contributed by atoms with Crippen LogP contribution in [-0.4, -0.2) is 24.5 Å². The maximum Gasteiger partial charge on any atom is 0.191 e. The molecule has 1 aromatic carbocycles. The highest BCUT2D eigenvalue weighted by atomic mass is 127. The Balaban J connectivity index is 0.00000243. The van der Waals surface area contributed by atoms with E-state index in [1.807, 2.05) is 18.2 Å². The van der Waals surface area contributed by atoms with Crippen LogP contribution in [0, 0.1) is 20.8 Å². The highest BCUT2D eigenvalue weighted by Crippen LogP contribution is 2.24. The number of hydrogen-bond donors (Lipinski definition) is 2. The molecule has 0 saturated carbocycles. The normalized spacial score (nSPS) is 11.5. The Labute approximate surface area is 175 Å². The predicted octanol–water partition coefficient (Wildman–Crippen LogP) is 4.34. The van der Waals surface area contributed by atoms with Gasteiger partial charge in [-0.25, -0.2) is 4.98 Å². The molecule has 0 spiro atoms. The van der Waals surface area contributed by atoms with E-state index in [4.69, 9.17) is 4.42 Å². The Kier molecular flexibility index (Phi) is 7.45. The van der Waals surface area contributed by atoms with E-state index in [0.717, 1.165) is 46.4 Å². The fourth-order valence-corrected chi connectivity index (χ4v) is 3.65. The number of nitrogens with one attached hydrogen (secondary N) is 2. The topological polar surface area (TPSA) is 62.5 Å². The lowest BCUT2D eigenvalue weighted by Crippen LogP contribution is -2.37. The largest absolute Gasteiger partial charge is 0.459 e. The summed E-state index contributed by atoms with van der Waals surface area (Å²) in [5.74, 6) is 1.71. The van der Waals surface area contributed by atoms with Gasteiger partial charge in [0.25, 0.3) is 0 Å². The lowest BCUT2D eigenvalue weighted by atomic mass is 10.1. The zero-order valence-corrected chi connectivity index (χ0v) is 18.7. The summed E-state index contributed by atoms with van der Waals surface area (Å²) in [6.07, 6.45) is 0.893. The van der Waals surface area contributed by atoms with E-state index in [-0.39, 0.29) is 24.0 Å². The summed E-state index contributed by atoms with van der Waals surface area (Å²) in [5.41, 5.74) is 3.23. The molecule has 0 fully saturated rings. The number of nitrogens with zero attached hydrogens (tertiary/aromatic N) is 2. The highest BCUT2D eigenvalue weighted by molar-refractivity contribution is 14.0. The summed E-state index contributed by atoms with van der Waals surface area (Å²) in [6, 6.07) is 8.11. The van der Waals surface area contributed by atoms with Gasteiger partial charge in [0.15, 0.2) is 5.96 Å². The Hall–Kier alpha value is -1.61. The Morgan fingerprint density at radius 3 is 2.62 bits per heavy atom. The molecule has 0 radical (unpaired) electrons. The van der Waals surface area contributed by atoms with Gasteiger partial charge in [-0.3, -0.25) is 4.99 Å². The minimum absolute atomic E-state index is 0. The minimum atomic E-state index is 0. The number of aromatic nitrogens is 1. The number of hydrogen-bond acceptors (Lipinski definition) is 4. The van der Waals surface area contributed by atoms with Crippen molar-refractivity contribution in [3.8, 4) is 0 Å². The molecule has 2 N–H and O–H groups in total. The van der Waals surface area contributed by atoms with Gasteiger partial charge < -0.3 is 15.1 Å². The SMILES string of the molecule is CN=C(NCCc1nc(C)c(C)s1)NCc1oc2ccccc2c1C.I. The van der Waals surface area contributed by atoms with Crippen molar-refractivity contribution in [3.05, 3.63) is 51.2 Å². The smallest absolute Gasteiger partial charge is 0.191 e. The summed E-state index contributed by atoms with van der Waals surface area (Å²) in [6.45, 7) is 7.66. The first-order valence-corrected chi connectivity index (χ1v) is 9.24. The lowest BCUT2D eigenvalue weighted by molar-refractivity contribution is 0.534. The van der Waals surface area contributed by atoms with Gasteiger partial charge in [0, 0.05) is 35.8 Å². The fraction of sp³-hybridized carbons (Fsp3) is 0.368. The number of rotatable bonds is 5. The van der Waals surface area contributed by atoms with Crippen molar-refractivity contribution in [1.29, 1.82) is 0 Å². The maximum absolute atomic E-state index is 5.93. The third kappa shape index (κ3) is 4.76. The first-order valence-electron chi connectivity index (χ1n) is 8.43. The molecule has 0 atom stereocenters. The van der Waals surface area contributed by atoms with Crippen molar-refractivity contribution in [2.45, 2.75) is 33.7 Å². The molecule has 7 heteroatoms. The monoisotopic (exact) mass is 484 g/mol. The number of aryl methyl sites for hydroxylation is 3. The van der Waals surface area contributed by atoms with Crippen LogP contribution >= 0.6 is 35.3 Å². The second-order valence-corrected chi connectivity index (χ2v) is 7.29. The van der Waals surface area contributed by atoms with E-state index < -0.39 is 0 Å². The second kappa shape index (κ2) is 9.36. The van der Waals surface area contributed by atoms with Crippen LogP contribution < -0.4 is 10.6 Å². The summed E-state index contributed by atoms with van der Waals surface area (Å²) >= 11 is 1.76. The van der Waals surface area contributed by atoms with Crippen LogP contribution in [0.1, 0.15) is 26.9 Å². The Bertz CT molecular complexity index is 881. The summed E-state index contributed by atoms with van der Waals surface area (Å²) in [4.78, 5) is 10.1. The Morgan fingerprint density at radius 1 is 1.19 bits per heavy atom. The first-order chi connectivity index (χ1) is 12.1. The van der Waals surface area contributed by atoms with Gasteiger partial charge in [-0.15, -0.1) is 35.3 Å². The van der Waals surface area contributed by atoms with E-state index in [9.17, 15) is 0 Å². The highest BCUT2D eigenvalue weighted by Gasteiger charge is 2.10. The second-order valence-electron chi connectivity index (χ2n) is 6.00. The molecule has 5 nitrogen and oxygen atoms in total. The zero-order chi connectivity index (χ0) is 17.8. The number of para-hydroxylation sites is 1. The number of benzene rings is 1. The van der Waals surface area contributed by atoms with Gasteiger partial charge in [-0.1, -0.05) is 18.2 Å². The molecule has 2 heterocycles. The molecule has 0 unspecified atom stereocenters. The van der Waals surface area contributed by atoms with Crippen LogP contribution in [0.5, 0.6) is 0 Å². The number of furan rings is 1. The molecule has 0 aliphatic carbocycles. The molecule has 0 saturated heterocycles. The molecule has 0 aliphatic rings. The molecule has 2 aromatic heterocycles. The Morgan fingerprint density at radius 2 is 1.96 bits per heavy atom. The number of fused-ring (bicyclic) bond motifs is 1. The molecule has 0 amide bonds. The fourth-order valence-electron chi connectivity index (χ4n) is 2.71. The zero-order valence-electron chi connectivity index (χ0n) is 15.5. The van der Waals surface area contributed by atoms with Crippen molar-refractivity contribution in [2.75, 3.05) is 13.6 Å². The van der Waals surface area contributed by atoms with E-state index >= 15 is 0 Å². The van der Waals surface area contributed by atoms with Crippen LogP contribution in [0.4, 0.5) is 0 Å². The molecule has 26 heavy (non-hydrogen) atoms. The lowest BCUT2D eigenvalue weighted by Gasteiger charge is -2.10. The van der Waals surface area contributed by atoms with Gasteiger partial charge in [-0.2, -0.15) is 0 Å². The molecular weight excluding hydrogens is 459 g/mol. The van der Waals surface area contributed by atoms with Crippen LogP contribution in [0.15, 0.2) is 33.7 Å². The standard InChI is InChI=1S/C19H24N4OS.HI/c1-12-15-7-5-6-8-16(15)24-17(12)11-22-19(20-4)21-10-9-18-23-13(2)14(3)25-18;/h5-8H,9-11H2,1-4H3,(H2,20,21,22);1H. The molecule has 0 aliphatic heterocycles. The van der Waals surface area contributed by atoms with Gasteiger partial charge in [0.05, 0.1) is 17.2 Å². The van der Waals surface area contributed by atoms with Gasteiger partial charge in [-0.05, 0) is 26.8 Å². The number of halogens is 1. The van der Waals surface area contributed by atoms with Crippen molar-refractivity contribution in [2.24, 2.45) is 4.99 Å². The van der Waals surface area contributed by atoms with Crippen LogP contribution in [0.25, 0.3) is 11.0 Å². The number of guanidine groups is 1. The minimum Gasteiger partial charge on any atom is -0.459 e. The van der Waals surface area contributed by atoms with E-state index in [1.165, 1.54) is 10.4 Å². The van der Waals surface area contributed by atoms with Gasteiger partial charge in [0.2, 0.25) is 0 Å². The average molecular weight is 484 g/mol. The van der Waals surface area contributed by atoms with Crippen molar-refractivity contribution in [1.82, 2.24) is 15.6 Å². The average Bonchev–Trinajstić information content (AvgIpc) is 3.10. The van der Waals surface area contributed by atoms with E-state index in [1.54, 1.807) is 18.4 Å². The summed E-state index contributed by atoms with van der Waals surface area (Å²) < 4.78 is 5.93. The molecule has 3 rings (SSSR count). The summed E-state index contributed by atoms with van der Waals surface area (Å²) in [5, 5.41) is 8.97. The molecular formula is C19H25IN4OS. The first kappa shape index (κ1) is 20.7. The third-order valence-electron chi connectivity index (χ3n) is 4.29. The van der Waals surface area contributed by atoms with Crippen molar-refractivity contribution >= 4 is 52.2 Å². The number of aliphatic imine (C=N–C) groups is 1. The van der Waals surface area contributed by atoms with Gasteiger partial charge >= 0.3 is 0 Å². The van der Waals surface area contributed by atoms with Gasteiger partial charge in [0.1, 0.15) is 11.3 Å². The molecule has 0 bridgehead atoms. The number of thiazole rings is 1. The molecule has 140 valence electrons. The predicted molar refractivity (Wildman–Crippen MR) is 120 cm³/mol. The van der Waals surface area contributed by atoms with E-state index in [0.29, 0.717) is 6.54 Å². The summed E-state index contributed by atoms with van der Waals surface area (Å²) in [7, 11) is 1.78. The maximum atomic E-state index is 5.93. The molecule has 3 aromatic rings. The quantitative estimate of drug-likeness (QED) is 0.321. The van der Waals surface area contributed by atoms with Crippen LogP contribution in [0.3, 0.4) is 0 Å². The third-order valence-corrected chi connectivity index (χ3v) is 5.42. The van der Waals surface area contributed by atoms with Crippen molar-refractivity contribution in [3.63, 3.8) is 0 Å². The van der Waals surface area contributed by atoms with Crippen LogP contribution in [0.2, 0.25) is 0 Å². The van der Waals surface area contributed by atoms with E-state index in [2.05, 4.69) is 47.4 Å². The van der Waals surface area contributed by atoms with Crippen LogP contribution in [-0.2, 0) is 13.0 Å².